The Balaban J connectivity index is 1.25. The molecule has 53 heavy (non-hydrogen) atoms. The first-order valence-corrected chi connectivity index (χ1v) is 20.7. The first-order chi connectivity index (χ1) is 25.3. The topological polar surface area (TPSA) is 97.4 Å². The highest BCUT2D eigenvalue weighted by atomic mass is 35.5. The number of halogens is 4. The van der Waals surface area contributed by atoms with Gasteiger partial charge in [0, 0.05) is 48.7 Å². The Morgan fingerprint density at radius 2 is 1.92 bits per heavy atom. The van der Waals surface area contributed by atoms with Gasteiger partial charge in [0.05, 0.1) is 49.9 Å². The number of sulfonamides is 1. The van der Waals surface area contributed by atoms with Gasteiger partial charge in [0.2, 0.25) is 10.0 Å². The number of carbonyl (C=O) groups excluding carboxylic acids is 1. The molecule has 2 bridgehead atoms. The van der Waals surface area contributed by atoms with E-state index in [0.29, 0.717) is 56.0 Å². The summed E-state index contributed by atoms with van der Waals surface area (Å²) in [6.07, 6.45) is 1.79. The van der Waals surface area contributed by atoms with E-state index in [2.05, 4.69) is 15.9 Å². The molecule has 2 aliphatic carbocycles. The molecule has 1 saturated carbocycles. The van der Waals surface area contributed by atoms with Gasteiger partial charge in [0.25, 0.3) is 5.91 Å². The molecule has 290 valence electrons. The molecule has 3 aliphatic heterocycles. The maximum atomic E-state index is 13.8. The minimum absolute atomic E-state index is 0.0348. The van der Waals surface area contributed by atoms with E-state index in [0.717, 1.165) is 51.7 Å². The molecule has 0 radical (unpaired) electrons. The summed E-state index contributed by atoms with van der Waals surface area (Å²) in [4.78, 5) is 18.2. The third kappa shape index (κ3) is 8.69. The lowest BCUT2D eigenvalue weighted by Gasteiger charge is -2.46. The third-order valence-corrected chi connectivity index (χ3v) is 14.1. The van der Waals surface area contributed by atoms with Crippen LogP contribution in [0, 0.1) is 17.8 Å². The summed E-state index contributed by atoms with van der Waals surface area (Å²) in [7, 11) is -4.74. The number of amides is 1. The fourth-order valence-electron chi connectivity index (χ4n) is 8.94. The number of rotatable bonds is 5. The van der Waals surface area contributed by atoms with Crippen LogP contribution >= 0.6 is 11.6 Å². The van der Waals surface area contributed by atoms with Crippen LogP contribution in [-0.4, -0.2) is 95.9 Å². The van der Waals surface area contributed by atoms with Crippen molar-refractivity contribution in [3.05, 3.63) is 70.3 Å². The number of allylic oxidation sites excluding steroid dienone is 1. The standard InChI is InChI=1S/C39H49ClF3N3O6S/c1-26-4-2-6-34(51-19-16-45-14-17-50-18-15-45)31-10-7-29(31)23-46-24-38(13-3-5-27-20-30(40)9-11-32(27)38)25-52-35-12-8-28(21-33(35)46)37(47)44-53(48,49)36(26)22-39(41,42)43/h2,6,8-9,11-12,20-21,26,29,31,34,36H,3-5,7,10,13-19,22-25H2,1H3,(H,44,47)/b6-2+/t26-,29-,31+,34-,36-,38-/m0/s1. The SMILES string of the molecule is C[C@H]1C/C=C/[C@H](OCCN2CCOCC2)[C@@H]2CC[C@H]2CN2C[C@@]3(CCCc4cc(Cl)ccc43)COc3ccc(cc32)C(=O)NS(=O)(=O)[C@H]1CC(F)(F)F. The summed E-state index contributed by atoms with van der Waals surface area (Å²) in [5.74, 6) is -0.966. The summed E-state index contributed by atoms with van der Waals surface area (Å²) in [6, 6.07) is 10.8. The molecular weight excluding hydrogens is 731 g/mol. The van der Waals surface area contributed by atoms with Crippen molar-refractivity contribution in [2.75, 3.05) is 64.1 Å². The van der Waals surface area contributed by atoms with Gasteiger partial charge in [-0.3, -0.25) is 9.69 Å². The lowest BCUT2D eigenvalue weighted by Crippen LogP contribution is -2.50. The quantitative estimate of drug-likeness (QED) is 0.343. The Morgan fingerprint density at radius 1 is 1.11 bits per heavy atom. The third-order valence-electron chi connectivity index (χ3n) is 12.0. The molecule has 1 spiro atoms. The average Bonchev–Trinajstić information content (AvgIpc) is 3.25. The summed E-state index contributed by atoms with van der Waals surface area (Å²) in [6.45, 7) is 7.39. The highest BCUT2D eigenvalue weighted by Crippen LogP contribution is 2.47. The van der Waals surface area contributed by atoms with Crippen molar-refractivity contribution in [1.82, 2.24) is 9.62 Å². The smallest absolute Gasteiger partial charge is 0.390 e. The number of ether oxygens (including phenoxy) is 3. The predicted octanol–water partition coefficient (Wildman–Crippen LogP) is 6.53. The molecule has 5 aliphatic rings. The monoisotopic (exact) mass is 779 g/mol. The van der Waals surface area contributed by atoms with Gasteiger partial charge in [-0.15, -0.1) is 0 Å². The summed E-state index contributed by atoms with van der Waals surface area (Å²) < 4.78 is 89.4. The minimum Gasteiger partial charge on any atom is -0.490 e. The molecule has 7 rings (SSSR count). The largest absolute Gasteiger partial charge is 0.490 e. The maximum Gasteiger partial charge on any atom is 0.390 e. The fraction of sp³-hybridized carbons (Fsp3) is 0.615. The van der Waals surface area contributed by atoms with Crippen molar-refractivity contribution in [1.29, 1.82) is 0 Å². The van der Waals surface area contributed by atoms with Gasteiger partial charge in [-0.05, 0) is 97.7 Å². The summed E-state index contributed by atoms with van der Waals surface area (Å²) in [5.41, 5.74) is 2.72. The molecule has 14 heteroatoms. The normalized spacial score (nSPS) is 31.3. The number of anilines is 1. The van der Waals surface area contributed by atoms with Crippen molar-refractivity contribution >= 4 is 33.2 Å². The number of hydrogen-bond acceptors (Lipinski definition) is 8. The van der Waals surface area contributed by atoms with E-state index in [1.165, 1.54) is 24.1 Å². The molecule has 2 fully saturated rings. The molecule has 9 nitrogen and oxygen atoms in total. The van der Waals surface area contributed by atoms with Crippen LogP contribution in [0.2, 0.25) is 5.02 Å². The Labute approximate surface area is 315 Å². The fourth-order valence-corrected chi connectivity index (χ4v) is 10.8. The van der Waals surface area contributed by atoms with Crippen LogP contribution in [0.5, 0.6) is 5.75 Å². The molecule has 1 amide bonds. The van der Waals surface area contributed by atoms with Crippen LogP contribution in [0.4, 0.5) is 18.9 Å². The second kappa shape index (κ2) is 15.7. The minimum atomic E-state index is -4.76. The molecule has 2 aromatic rings. The van der Waals surface area contributed by atoms with E-state index in [-0.39, 0.29) is 35.3 Å². The first-order valence-electron chi connectivity index (χ1n) is 18.8. The second-order valence-electron chi connectivity index (χ2n) is 15.6. The number of fused-ring (bicyclic) bond motifs is 4. The van der Waals surface area contributed by atoms with Crippen molar-refractivity contribution in [2.24, 2.45) is 17.8 Å². The van der Waals surface area contributed by atoms with Gasteiger partial charge in [-0.25, -0.2) is 13.1 Å². The number of morpholine rings is 1. The van der Waals surface area contributed by atoms with Gasteiger partial charge in [0.15, 0.2) is 0 Å². The van der Waals surface area contributed by atoms with Crippen molar-refractivity contribution in [3.63, 3.8) is 0 Å². The van der Waals surface area contributed by atoms with Crippen LogP contribution in [0.3, 0.4) is 0 Å². The van der Waals surface area contributed by atoms with Gasteiger partial charge in [-0.1, -0.05) is 36.7 Å². The number of hydrogen-bond donors (Lipinski definition) is 1. The highest BCUT2D eigenvalue weighted by Gasteiger charge is 2.46. The molecule has 2 aromatic carbocycles. The first kappa shape index (κ1) is 38.4. The van der Waals surface area contributed by atoms with Crippen molar-refractivity contribution < 1.29 is 40.6 Å². The number of nitrogens with one attached hydrogen (secondary N) is 1. The summed E-state index contributed by atoms with van der Waals surface area (Å²) >= 11 is 6.44. The molecular formula is C39H49ClF3N3O6S. The van der Waals surface area contributed by atoms with Gasteiger partial charge in [0.1, 0.15) is 5.75 Å². The molecule has 3 heterocycles. The zero-order chi connectivity index (χ0) is 37.4. The Hall–Kier alpha value is -2.84. The number of alkyl halides is 3. The van der Waals surface area contributed by atoms with Crippen LogP contribution in [-0.2, 0) is 31.3 Å². The maximum absolute atomic E-state index is 13.8. The van der Waals surface area contributed by atoms with Crippen LogP contribution in [0.1, 0.15) is 66.9 Å². The average molecular weight is 780 g/mol. The van der Waals surface area contributed by atoms with E-state index >= 15 is 0 Å². The lowest BCUT2D eigenvalue weighted by molar-refractivity contribution is -0.136. The van der Waals surface area contributed by atoms with Crippen molar-refractivity contribution in [3.8, 4) is 5.75 Å². The second-order valence-corrected chi connectivity index (χ2v) is 17.9. The Morgan fingerprint density at radius 3 is 2.68 bits per heavy atom. The molecule has 0 aromatic heterocycles. The van der Waals surface area contributed by atoms with Crippen LogP contribution in [0.15, 0.2) is 48.6 Å². The highest BCUT2D eigenvalue weighted by molar-refractivity contribution is 7.90. The molecule has 6 atom stereocenters. The number of aryl methyl sites for hydroxylation is 1. The van der Waals surface area contributed by atoms with Gasteiger partial charge in [-0.2, -0.15) is 13.2 Å². The molecule has 0 unspecified atom stereocenters. The lowest BCUT2D eigenvalue weighted by atomic mass is 9.68. The van der Waals surface area contributed by atoms with E-state index < -0.39 is 39.7 Å². The van der Waals surface area contributed by atoms with Gasteiger partial charge >= 0.3 is 6.18 Å². The predicted molar refractivity (Wildman–Crippen MR) is 197 cm³/mol. The zero-order valence-corrected chi connectivity index (χ0v) is 31.7. The number of nitrogens with zero attached hydrogens (tertiary/aromatic N) is 2. The van der Waals surface area contributed by atoms with E-state index in [1.807, 2.05) is 22.9 Å². The van der Waals surface area contributed by atoms with Crippen LogP contribution < -0.4 is 14.4 Å². The van der Waals surface area contributed by atoms with E-state index in [9.17, 15) is 26.4 Å². The molecule has 1 saturated heterocycles. The Bertz CT molecular complexity index is 1790. The van der Waals surface area contributed by atoms with Crippen LogP contribution in [0.25, 0.3) is 0 Å². The number of benzene rings is 2. The van der Waals surface area contributed by atoms with Gasteiger partial charge < -0.3 is 19.1 Å². The zero-order valence-electron chi connectivity index (χ0n) is 30.1. The van der Waals surface area contributed by atoms with E-state index in [1.54, 1.807) is 18.2 Å². The number of carbonyl (C=O) groups is 1. The molecule has 1 N–H and O–H groups in total. The Kier molecular flexibility index (Phi) is 11.4. The summed E-state index contributed by atoms with van der Waals surface area (Å²) in [5, 5.41) is -1.19. The van der Waals surface area contributed by atoms with Crippen molar-refractivity contribution in [2.45, 2.75) is 74.8 Å². The van der Waals surface area contributed by atoms with E-state index in [4.69, 9.17) is 25.8 Å².